The van der Waals surface area contributed by atoms with E-state index in [0.717, 1.165) is 11.3 Å². The lowest BCUT2D eigenvalue weighted by atomic mass is 10.0. The molecular weight excluding hydrogens is 456 g/mol. The van der Waals surface area contributed by atoms with Crippen LogP contribution in [0, 0.1) is 0 Å². The van der Waals surface area contributed by atoms with Gasteiger partial charge in [-0.15, -0.1) is 0 Å². The summed E-state index contributed by atoms with van der Waals surface area (Å²) in [5, 5.41) is 10.2. The third-order valence-corrected chi connectivity index (χ3v) is 5.04. The van der Waals surface area contributed by atoms with Crippen LogP contribution in [0.1, 0.15) is 29.3 Å². The van der Waals surface area contributed by atoms with Crippen molar-refractivity contribution >= 4 is 29.4 Å². The summed E-state index contributed by atoms with van der Waals surface area (Å²) in [4.78, 5) is 17.9. The van der Waals surface area contributed by atoms with E-state index < -0.39 is 18.6 Å². The van der Waals surface area contributed by atoms with Gasteiger partial charge in [-0.05, 0) is 59.7 Å². The molecule has 0 fully saturated rings. The second-order valence-corrected chi connectivity index (χ2v) is 7.42. The molecule has 0 saturated carbocycles. The lowest BCUT2D eigenvalue weighted by molar-refractivity contribution is -0.138. The second-order valence-electron chi connectivity index (χ2n) is 6.98. The number of carbonyl (C=O) groups excluding carboxylic acids is 1. The highest BCUT2D eigenvalue weighted by atomic mass is 35.5. The van der Waals surface area contributed by atoms with Crippen LogP contribution in [0.5, 0.6) is 5.75 Å². The van der Waals surface area contributed by atoms with Gasteiger partial charge in [-0.3, -0.25) is 4.79 Å². The largest absolute Gasteiger partial charge is 0.467 e. The van der Waals surface area contributed by atoms with Crippen molar-refractivity contribution in [3.05, 3.63) is 88.8 Å². The van der Waals surface area contributed by atoms with Crippen molar-refractivity contribution in [2.24, 2.45) is 10.3 Å². The zero-order valence-corrected chi connectivity index (χ0v) is 17.9. The molecule has 7 nitrogen and oxygen atoms in total. The number of amides is 1. The molecule has 3 aromatic rings. The fourth-order valence-electron chi connectivity index (χ4n) is 3.25. The van der Waals surface area contributed by atoms with Gasteiger partial charge in [-0.25, -0.2) is 5.01 Å². The monoisotopic (exact) mass is 473 g/mol. The zero-order valence-electron chi connectivity index (χ0n) is 17.1. The molecule has 33 heavy (non-hydrogen) atoms. The van der Waals surface area contributed by atoms with Gasteiger partial charge in [0.2, 0.25) is 0 Å². The molecule has 0 aliphatic carbocycles. The Hall–Kier alpha value is -3.72. The van der Waals surface area contributed by atoms with Crippen LogP contribution in [0.15, 0.2) is 81.6 Å². The van der Waals surface area contributed by atoms with Crippen molar-refractivity contribution in [3.8, 4) is 5.75 Å². The first-order valence-corrected chi connectivity index (χ1v) is 10.3. The van der Waals surface area contributed by atoms with Gasteiger partial charge in [0.1, 0.15) is 17.6 Å². The van der Waals surface area contributed by atoms with Gasteiger partial charge >= 0.3 is 6.61 Å². The van der Waals surface area contributed by atoms with Gasteiger partial charge in [-0.2, -0.15) is 13.9 Å². The van der Waals surface area contributed by atoms with Crippen LogP contribution in [-0.4, -0.2) is 36.1 Å². The number of alkyl halides is 2. The van der Waals surface area contributed by atoms with E-state index in [1.165, 1.54) is 41.8 Å². The third kappa shape index (κ3) is 5.75. The van der Waals surface area contributed by atoms with Crippen molar-refractivity contribution in [1.82, 2.24) is 5.01 Å². The predicted molar refractivity (Wildman–Crippen MR) is 118 cm³/mol. The quantitative estimate of drug-likeness (QED) is 0.330. The summed E-state index contributed by atoms with van der Waals surface area (Å²) in [5.41, 5.74) is 2.15. The van der Waals surface area contributed by atoms with Crippen LogP contribution in [0.4, 0.5) is 8.78 Å². The lowest BCUT2D eigenvalue weighted by Crippen LogP contribution is -2.29. The first kappa shape index (κ1) is 22.5. The van der Waals surface area contributed by atoms with Crippen LogP contribution in [0.2, 0.25) is 5.02 Å². The van der Waals surface area contributed by atoms with E-state index in [0.29, 0.717) is 22.8 Å². The molecule has 1 aliphatic heterocycles. The number of benzene rings is 2. The Morgan fingerprint density at radius 3 is 2.64 bits per heavy atom. The van der Waals surface area contributed by atoms with Crippen LogP contribution in [0.25, 0.3) is 0 Å². The van der Waals surface area contributed by atoms with Gasteiger partial charge in [0.05, 0.1) is 18.2 Å². The molecule has 10 heteroatoms. The Labute approximate surface area is 192 Å². The topological polar surface area (TPSA) is 76.6 Å². The van der Waals surface area contributed by atoms with E-state index in [-0.39, 0.29) is 12.4 Å². The number of hydrogen-bond acceptors (Lipinski definition) is 6. The molecule has 0 spiro atoms. The molecule has 0 bridgehead atoms. The normalized spacial score (nSPS) is 15.8. The van der Waals surface area contributed by atoms with Crippen molar-refractivity contribution in [2.75, 3.05) is 6.61 Å². The van der Waals surface area contributed by atoms with E-state index in [2.05, 4.69) is 15.0 Å². The van der Waals surface area contributed by atoms with Crippen LogP contribution in [-0.2, 0) is 9.63 Å². The van der Waals surface area contributed by atoms with Crippen LogP contribution in [0.3, 0.4) is 0 Å². The maximum atomic E-state index is 12.8. The number of halogens is 3. The van der Waals surface area contributed by atoms with Gasteiger partial charge < -0.3 is 14.0 Å². The average molecular weight is 474 g/mol. The minimum atomic E-state index is -2.89. The Balaban J connectivity index is 1.40. The molecule has 1 aliphatic rings. The molecule has 1 aromatic heterocycles. The average Bonchev–Trinajstić information content (AvgIpc) is 3.48. The summed E-state index contributed by atoms with van der Waals surface area (Å²) in [7, 11) is 0. The Morgan fingerprint density at radius 1 is 1.21 bits per heavy atom. The van der Waals surface area contributed by atoms with E-state index in [4.69, 9.17) is 20.9 Å². The number of hydrogen-bond donors (Lipinski definition) is 0. The van der Waals surface area contributed by atoms with Gasteiger partial charge in [0.25, 0.3) is 5.91 Å². The number of hydrazone groups is 1. The number of rotatable bonds is 8. The molecule has 4 rings (SSSR count). The first-order valence-electron chi connectivity index (χ1n) is 9.88. The molecule has 1 amide bonds. The predicted octanol–water partition coefficient (Wildman–Crippen LogP) is 5.26. The number of nitrogens with zero attached hydrogens (tertiary/aromatic N) is 3. The van der Waals surface area contributed by atoms with Crippen molar-refractivity contribution in [2.45, 2.75) is 19.1 Å². The fraction of sp³-hybridized carbons (Fsp3) is 0.174. The van der Waals surface area contributed by atoms with Crippen molar-refractivity contribution in [3.63, 3.8) is 0 Å². The number of ether oxygens (including phenoxy) is 1. The van der Waals surface area contributed by atoms with Gasteiger partial charge in [0.15, 0.2) is 6.61 Å². The zero-order chi connectivity index (χ0) is 23.2. The lowest BCUT2D eigenvalue weighted by Gasteiger charge is -2.19. The van der Waals surface area contributed by atoms with E-state index in [1.807, 2.05) is 12.1 Å². The molecule has 1 unspecified atom stereocenters. The standard InChI is InChI=1S/C23H18ClF2N3O4/c24-17-7-5-16(6-8-17)19-12-20(21-2-1-11-31-21)29(28-19)22(30)14-32-27-13-15-3-9-18(10-4-15)33-23(25)26/h1-11,13,20,23H,12,14H2/b27-13+. The molecule has 1 atom stereocenters. The van der Waals surface area contributed by atoms with Crippen molar-refractivity contribution in [1.29, 1.82) is 0 Å². The first-order chi connectivity index (χ1) is 16.0. The fourth-order valence-corrected chi connectivity index (χ4v) is 3.38. The highest BCUT2D eigenvalue weighted by Gasteiger charge is 2.35. The maximum absolute atomic E-state index is 12.8. The second kappa shape index (κ2) is 10.3. The third-order valence-electron chi connectivity index (χ3n) is 4.78. The highest BCUT2D eigenvalue weighted by Crippen LogP contribution is 2.33. The number of furan rings is 1. The van der Waals surface area contributed by atoms with Crippen LogP contribution >= 0.6 is 11.6 Å². The van der Waals surface area contributed by atoms with E-state index >= 15 is 0 Å². The van der Waals surface area contributed by atoms with Gasteiger partial charge in [0, 0.05) is 11.4 Å². The van der Waals surface area contributed by atoms with E-state index in [1.54, 1.807) is 24.3 Å². The molecule has 0 N–H and O–H groups in total. The summed E-state index contributed by atoms with van der Waals surface area (Å²) < 4.78 is 34.2. The molecule has 2 heterocycles. The maximum Gasteiger partial charge on any atom is 0.387 e. The molecular formula is C23H18ClF2N3O4. The number of carbonyl (C=O) groups is 1. The summed E-state index contributed by atoms with van der Waals surface area (Å²) in [6, 6.07) is 16.1. The number of oxime groups is 1. The Morgan fingerprint density at radius 2 is 1.97 bits per heavy atom. The smallest absolute Gasteiger partial charge is 0.387 e. The van der Waals surface area contributed by atoms with Crippen molar-refractivity contribution < 1.29 is 27.6 Å². The van der Waals surface area contributed by atoms with E-state index in [9.17, 15) is 13.6 Å². The SMILES string of the molecule is O=C(CO/N=C/c1ccc(OC(F)F)cc1)N1N=C(c2ccc(Cl)cc2)CC1c1ccco1. The summed E-state index contributed by atoms with van der Waals surface area (Å²) >= 11 is 5.96. The Bertz CT molecular complexity index is 1130. The Kier molecular flexibility index (Phi) is 6.99. The minimum absolute atomic E-state index is 0.0330. The molecule has 170 valence electrons. The summed E-state index contributed by atoms with van der Waals surface area (Å²) in [6.07, 6.45) is 3.36. The van der Waals surface area contributed by atoms with Crippen LogP contribution < -0.4 is 4.74 Å². The molecule has 0 radical (unpaired) electrons. The highest BCUT2D eigenvalue weighted by molar-refractivity contribution is 6.30. The summed E-state index contributed by atoms with van der Waals surface area (Å²) in [5.74, 6) is 0.231. The molecule has 0 saturated heterocycles. The summed E-state index contributed by atoms with van der Waals surface area (Å²) in [6.45, 7) is -3.24. The van der Waals surface area contributed by atoms with Gasteiger partial charge in [-0.1, -0.05) is 28.9 Å². The minimum Gasteiger partial charge on any atom is -0.467 e. The molecule has 2 aromatic carbocycles.